The van der Waals surface area contributed by atoms with Crippen LogP contribution in [0.4, 0.5) is 5.82 Å². The first-order valence-electron chi connectivity index (χ1n) is 8.58. The number of nitrogens with two attached hydrogens (primary N) is 1. The van der Waals surface area contributed by atoms with Gasteiger partial charge >= 0.3 is 5.97 Å². The number of nitrogens with one attached hydrogen (secondary N) is 1. The Morgan fingerprint density at radius 1 is 1.30 bits per heavy atom. The van der Waals surface area contributed by atoms with Crippen LogP contribution in [-0.4, -0.2) is 28.3 Å². The number of fused-ring (bicyclic) bond motifs is 3. The van der Waals surface area contributed by atoms with E-state index in [1.54, 1.807) is 0 Å². The molecule has 0 aliphatic heterocycles. The number of methoxy groups -OCH3 is 1. The van der Waals surface area contributed by atoms with Crippen molar-refractivity contribution >= 4 is 11.8 Å². The van der Waals surface area contributed by atoms with Crippen LogP contribution in [0.3, 0.4) is 0 Å². The van der Waals surface area contributed by atoms with Gasteiger partial charge in [0.15, 0.2) is 5.69 Å². The van der Waals surface area contributed by atoms with Gasteiger partial charge in [0, 0.05) is 16.7 Å². The Morgan fingerprint density at radius 3 is 2.89 bits per heavy atom. The Labute approximate surface area is 155 Å². The third-order valence-electron chi connectivity index (χ3n) is 4.88. The van der Waals surface area contributed by atoms with E-state index in [1.807, 2.05) is 18.2 Å². The maximum absolute atomic E-state index is 12.2. The first kappa shape index (κ1) is 16.8. The summed E-state index contributed by atoms with van der Waals surface area (Å²) in [5.41, 5.74) is 11.6. The maximum atomic E-state index is 12.2. The zero-order chi connectivity index (χ0) is 19.0. The SMILES string of the molecule is COC(=O)c1[nH]ncc1-c1c(C#N)c(N)nc2c1CCCc1ccccc1-2. The molecule has 1 aromatic carbocycles. The first-order chi connectivity index (χ1) is 13.2. The van der Waals surface area contributed by atoms with Crippen molar-refractivity contribution < 1.29 is 9.53 Å². The number of anilines is 1. The molecule has 3 N–H and O–H groups in total. The number of benzene rings is 1. The fourth-order valence-electron chi connectivity index (χ4n) is 3.68. The summed E-state index contributed by atoms with van der Waals surface area (Å²) in [5.74, 6) is -0.412. The molecule has 0 bridgehead atoms. The number of nitriles is 1. The Hall–Kier alpha value is -3.66. The normalized spacial score (nSPS) is 12.4. The molecule has 134 valence electrons. The molecule has 0 amide bonds. The van der Waals surface area contributed by atoms with Gasteiger partial charge in [0.25, 0.3) is 0 Å². The molecule has 3 aromatic rings. The summed E-state index contributed by atoms with van der Waals surface area (Å²) in [4.78, 5) is 16.7. The Bertz CT molecular complexity index is 1090. The molecule has 0 fully saturated rings. The van der Waals surface area contributed by atoms with E-state index >= 15 is 0 Å². The molecule has 1 aliphatic carbocycles. The van der Waals surface area contributed by atoms with Crippen molar-refractivity contribution in [2.75, 3.05) is 12.8 Å². The van der Waals surface area contributed by atoms with Crippen LogP contribution in [0.5, 0.6) is 0 Å². The van der Waals surface area contributed by atoms with Crippen LogP contribution >= 0.6 is 0 Å². The van der Waals surface area contributed by atoms with Gasteiger partial charge in [-0.2, -0.15) is 10.4 Å². The number of carbonyl (C=O) groups excluding carboxylic acids is 1. The molecule has 2 aromatic heterocycles. The lowest BCUT2D eigenvalue weighted by atomic mass is 9.90. The maximum Gasteiger partial charge on any atom is 0.356 e. The minimum Gasteiger partial charge on any atom is -0.464 e. The van der Waals surface area contributed by atoms with E-state index < -0.39 is 5.97 Å². The first-order valence-corrected chi connectivity index (χ1v) is 8.58. The van der Waals surface area contributed by atoms with E-state index in [9.17, 15) is 10.1 Å². The summed E-state index contributed by atoms with van der Waals surface area (Å²) < 4.78 is 4.85. The van der Waals surface area contributed by atoms with Crippen molar-refractivity contribution in [1.29, 1.82) is 5.26 Å². The van der Waals surface area contributed by atoms with Gasteiger partial charge in [-0.25, -0.2) is 9.78 Å². The van der Waals surface area contributed by atoms with Gasteiger partial charge in [-0.1, -0.05) is 24.3 Å². The Kier molecular flexibility index (Phi) is 4.09. The van der Waals surface area contributed by atoms with Gasteiger partial charge in [-0.15, -0.1) is 0 Å². The number of nitrogen functional groups attached to an aromatic ring is 1. The highest BCUT2D eigenvalue weighted by Crippen LogP contribution is 2.41. The van der Waals surface area contributed by atoms with Gasteiger partial charge in [0.1, 0.15) is 17.5 Å². The van der Waals surface area contributed by atoms with Crippen LogP contribution in [-0.2, 0) is 17.6 Å². The number of hydrogen-bond donors (Lipinski definition) is 2. The number of H-pyrrole nitrogens is 1. The van der Waals surface area contributed by atoms with Crippen LogP contribution in [0.2, 0.25) is 0 Å². The predicted octanol–water partition coefficient (Wildman–Crippen LogP) is 2.87. The predicted molar refractivity (Wildman–Crippen MR) is 99.7 cm³/mol. The van der Waals surface area contributed by atoms with Gasteiger partial charge in [0.2, 0.25) is 0 Å². The zero-order valence-electron chi connectivity index (χ0n) is 14.7. The quantitative estimate of drug-likeness (QED) is 0.679. The van der Waals surface area contributed by atoms with E-state index in [2.05, 4.69) is 27.3 Å². The molecule has 4 rings (SSSR count). The molecular weight excluding hydrogens is 342 g/mol. The number of rotatable bonds is 2. The molecule has 2 heterocycles. The van der Waals surface area contributed by atoms with Crippen LogP contribution in [0, 0.1) is 11.3 Å². The summed E-state index contributed by atoms with van der Waals surface area (Å²) >= 11 is 0. The number of aryl methyl sites for hydroxylation is 1. The lowest BCUT2D eigenvalue weighted by Crippen LogP contribution is -2.08. The monoisotopic (exact) mass is 359 g/mol. The van der Waals surface area contributed by atoms with Crippen LogP contribution in [0.25, 0.3) is 22.4 Å². The number of esters is 1. The third kappa shape index (κ3) is 2.62. The molecule has 7 heteroatoms. The van der Waals surface area contributed by atoms with Crippen LogP contribution in [0.1, 0.15) is 33.6 Å². The highest BCUT2D eigenvalue weighted by atomic mass is 16.5. The summed E-state index contributed by atoms with van der Waals surface area (Å²) in [6.45, 7) is 0. The van der Waals surface area contributed by atoms with Gasteiger partial charge in [0.05, 0.1) is 19.0 Å². The molecular formula is C20H17N5O2. The fourth-order valence-corrected chi connectivity index (χ4v) is 3.68. The number of nitrogens with zero attached hydrogens (tertiary/aromatic N) is 3. The second-order valence-electron chi connectivity index (χ2n) is 6.35. The van der Waals surface area contributed by atoms with E-state index in [0.29, 0.717) is 17.5 Å². The molecule has 0 radical (unpaired) electrons. The second-order valence-corrected chi connectivity index (χ2v) is 6.35. The molecule has 0 saturated carbocycles. The largest absolute Gasteiger partial charge is 0.464 e. The number of aromatic nitrogens is 3. The highest BCUT2D eigenvalue weighted by Gasteiger charge is 2.27. The van der Waals surface area contributed by atoms with Crippen molar-refractivity contribution in [3.63, 3.8) is 0 Å². The van der Waals surface area contributed by atoms with Crippen molar-refractivity contribution in [1.82, 2.24) is 15.2 Å². The summed E-state index contributed by atoms with van der Waals surface area (Å²) in [6, 6.07) is 10.2. The number of aromatic amines is 1. The molecule has 7 nitrogen and oxygen atoms in total. The molecule has 0 unspecified atom stereocenters. The lowest BCUT2D eigenvalue weighted by Gasteiger charge is -2.16. The Balaban J connectivity index is 2.08. The minimum atomic E-state index is -0.551. The fraction of sp³-hybridized carbons (Fsp3) is 0.200. The molecule has 0 saturated heterocycles. The second kappa shape index (κ2) is 6.57. The van der Waals surface area contributed by atoms with Crippen LogP contribution in [0.15, 0.2) is 30.5 Å². The highest BCUT2D eigenvalue weighted by molar-refractivity contribution is 5.98. The molecule has 1 aliphatic rings. The average Bonchev–Trinajstić information content (AvgIpc) is 3.10. The van der Waals surface area contributed by atoms with E-state index in [-0.39, 0.29) is 17.1 Å². The lowest BCUT2D eigenvalue weighted by molar-refractivity contribution is 0.0595. The number of carbonyl (C=O) groups is 1. The van der Waals surface area contributed by atoms with Crippen LogP contribution < -0.4 is 5.73 Å². The molecule has 27 heavy (non-hydrogen) atoms. The summed E-state index contributed by atoms with van der Waals surface area (Å²) in [5, 5.41) is 16.4. The summed E-state index contributed by atoms with van der Waals surface area (Å²) in [7, 11) is 1.30. The van der Waals surface area contributed by atoms with Gasteiger partial charge in [-0.3, -0.25) is 5.10 Å². The smallest absolute Gasteiger partial charge is 0.356 e. The number of pyridine rings is 1. The minimum absolute atomic E-state index is 0.139. The summed E-state index contributed by atoms with van der Waals surface area (Å²) in [6.07, 6.45) is 4.05. The van der Waals surface area contributed by atoms with Crippen molar-refractivity contribution in [2.24, 2.45) is 0 Å². The Morgan fingerprint density at radius 2 is 2.11 bits per heavy atom. The number of hydrogen-bond acceptors (Lipinski definition) is 6. The molecule has 0 spiro atoms. The van der Waals surface area contributed by atoms with Gasteiger partial charge in [-0.05, 0) is 30.4 Å². The standard InChI is InChI=1S/C20H17N5O2/c1-27-20(26)18-15(10-23-25-18)16-13-8-4-6-11-5-2-3-7-12(11)17(13)24-19(22)14(16)9-21/h2-3,5,7,10H,4,6,8H2,1H3,(H2,22,24)(H,23,25). The third-order valence-corrected chi connectivity index (χ3v) is 4.88. The molecule has 0 atom stereocenters. The number of ether oxygens (including phenoxy) is 1. The van der Waals surface area contributed by atoms with E-state index in [1.165, 1.54) is 18.9 Å². The van der Waals surface area contributed by atoms with Crippen molar-refractivity contribution in [3.8, 4) is 28.5 Å². The van der Waals surface area contributed by atoms with Gasteiger partial charge < -0.3 is 10.5 Å². The average molecular weight is 359 g/mol. The van der Waals surface area contributed by atoms with E-state index in [4.69, 9.17) is 10.5 Å². The van der Waals surface area contributed by atoms with Crippen molar-refractivity contribution in [3.05, 3.63) is 52.8 Å². The van der Waals surface area contributed by atoms with E-state index in [0.717, 1.165) is 29.7 Å². The topological polar surface area (TPSA) is 118 Å². The van der Waals surface area contributed by atoms with Crippen molar-refractivity contribution in [2.45, 2.75) is 19.3 Å². The zero-order valence-corrected chi connectivity index (χ0v) is 14.7.